The normalized spacial score (nSPS) is 11.9. The highest BCUT2D eigenvalue weighted by Crippen LogP contribution is 2.30. The average Bonchev–Trinajstić information content (AvgIpc) is 3.02. The molecule has 4 aromatic carbocycles. The van der Waals surface area contributed by atoms with Crippen LogP contribution in [-0.2, 0) is 32.6 Å². The average molecular weight is 660 g/mol. The van der Waals surface area contributed by atoms with Crippen molar-refractivity contribution in [3.05, 3.63) is 130 Å². The van der Waals surface area contributed by atoms with Gasteiger partial charge in [-0.05, 0) is 74.2 Å². The molecule has 0 saturated carbocycles. The minimum atomic E-state index is -4.19. The summed E-state index contributed by atoms with van der Waals surface area (Å²) in [5.41, 5.74) is 4.57. The number of amides is 2. The molecular formula is C37H42ClN3O4S. The standard InChI is InChI=1S/C37H42ClN3O4S/c1-5-6-21-39-37(43)35(24-30-12-8-7-9-13-30)40(25-31-14-10-11-28(3)22-31)36(42)26-41(34-20-17-32(38)23-29(34)4)46(44,45)33-18-15-27(2)16-19-33/h7-20,22-23,35H,5-6,21,24-26H2,1-4H3,(H,39,43). The maximum Gasteiger partial charge on any atom is 0.264 e. The molecule has 0 aliphatic heterocycles. The van der Waals surface area contributed by atoms with E-state index in [0.29, 0.717) is 22.8 Å². The number of carbonyl (C=O) groups excluding carboxylic acids is 2. The number of unbranched alkanes of at least 4 members (excludes halogenated alkanes) is 1. The van der Waals surface area contributed by atoms with Crippen molar-refractivity contribution in [2.75, 3.05) is 17.4 Å². The van der Waals surface area contributed by atoms with Crippen LogP contribution in [0.5, 0.6) is 0 Å². The zero-order chi connectivity index (χ0) is 33.3. The second-order valence-corrected chi connectivity index (χ2v) is 13.9. The Hall–Kier alpha value is -4.14. The van der Waals surface area contributed by atoms with E-state index in [1.54, 1.807) is 37.3 Å². The van der Waals surface area contributed by atoms with Gasteiger partial charge in [-0.25, -0.2) is 8.42 Å². The number of benzene rings is 4. The molecule has 1 atom stereocenters. The van der Waals surface area contributed by atoms with Gasteiger partial charge in [-0.3, -0.25) is 13.9 Å². The summed E-state index contributed by atoms with van der Waals surface area (Å²) in [6.07, 6.45) is 1.97. The highest BCUT2D eigenvalue weighted by Gasteiger charge is 2.35. The molecule has 7 nitrogen and oxygen atoms in total. The first-order valence-corrected chi connectivity index (χ1v) is 17.3. The monoisotopic (exact) mass is 659 g/mol. The molecule has 46 heavy (non-hydrogen) atoms. The number of sulfonamides is 1. The van der Waals surface area contributed by atoms with Crippen molar-refractivity contribution in [3.8, 4) is 0 Å². The van der Waals surface area contributed by atoms with Crippen LogP contribution in [0.4, 0.5) is 5.69 Å². The van der Waals surface area contributed by atoms with Crippen molar-refractivity contribution >= 4 is 39.1 Å². The molecular weight excluding hydrogens is 618 g/mol. The summed E-state index contributed by atoms with van der Waals surface area (Å²) in [4.78, 5) is 30.1. The molecule has 0 aromatic heterocycles. The number of halogens is 1. The minimum absolute atomic E-state index is 0.0589. The van der Waals surface area contributed by atoms with Crippen molar-refractivity contribution < 1.29 is 18.0 Å². The first-order valence-electron chi connectivity index (χ1n) is 15.5. The molecule has 0 radical (unpaired) electrons. The summed E-state index contributed by atoms with van der Waals surface area (Å²) >= 11 is 6.25. The van der Waals surface area contributed by atoms with Gasteiger partial charge in [0.05, 0.1) is 10.6 Å². The van der Waals surface area contributed by atoms with E-state index < -0.39 is 28.5 Å². The Balaban J connectivity index is 1.81. The van der Waals surface area contributed by atoms with Crippen LogP contribution in [0.3, 0.4) is 0 Å². The van der Waals surface area contributed by atoms with Gasteiger partial charge in [0.15, 0.2) is 0 Å². The summed E-state index contributed by atoms with van der Waals surface area (Å²) in [5.74, 6) is -0.785. The predicted octanol–water partition coefficient (Wildman–Crippen LogP) is 7.02. The number of hydrogen-bond donors (Lipinski definition) is 1. The third-order valence-electron chi connectivity index (χ3n) is 7.85. The zero-order valence-electron chi connectivity index (χ0n) is 26.9. The Labute approximate surface area is 278 Å². The van der Waals surface area contributed by atoms with Gasteiger partial charge < -0.3 is 10.2 Å². The number of aryl methyl sites for hydroxylation is 3. The molecule has 0 bridgehead atoms. The molecule has 4 rings (SSSR count). The van der Waals surface area contributed by atoms with Gasteiger partial charge in [0, 0.05) is 24.5 Å². The van der Waals surface area contributed by atoms with Crippen molar-refractivity contribution in [1.29, 1.82) is 0 Å². The topological polar surface area (TPSA) is 86.8 Å². The molecule has 9 heteroatoms. The lowest BCUT2D eigenvalue weighted by Gasteiger charge is -2.34. The van der Waals surface area contributed by atoms with Crippen molar-refractivity contribution in [2.45, 2.75) is 64.4 Å². The zero-order valence-corrected chi connectivity index (χ0v) is 28.4. The van der Waals surface area contributed by atoms with E-state index in [1.165, 1.54) is 17.0 Å². The van der Waals surface area contributed by atoms with Gasteiger partial charge in [-0.1, -0.05) is 103 Å². The second kappa shape index (κ2) is 15.9. The van der Waals surface area contributed by atoms with Crippen molar-refractivity contribution in [1.82, 2.24) is 10.2 Å². The Morgan fingerprint density at radius 1 is 0.826 bits per heavy atom. The van der Waals surface area contributed by atoms with E-state index in [-0.39, 0.29) is 23.8 Å². The number of carbonyl (C=O) groups is 2. The van der Waals surface area contributed by atoms with E-state index >= 15 is 0 Å². The van der Waals surface area contributed by atoms with Crippen LogP contribution >= 0.6 is 11.6 Å². The Bertz CT molecular complexity index is 1740. The van der Waals surface area contributed by atoms with Crippen LogP contribution < -0.4 is 9.62 Å². The van der Waals surface area contributed by atoms with E-state index in [0.717, 1.165) is 39.4 Å². The summed E-state index contributed by atoms with van der Waals surface area (Å²) in [6, 6.07) is 27.8. The number of rotatable bonds is 14. The van der Waals surface area contributed by atoms with Gasteiger partial charge in [-0.15, -0.1) is 0 Å². The van der Waals surface area contributed by atoms with Gasteiger partial charge in [0.2, 0.25) is 11.8 Å². The van der Waals surface area contributed by atoms with Gasteiger partial charge in [0.25, 0.3) is 10.0 Å². The molecule has 0 heterocycles. The molecule has 0 aliphatic rings. The largest absolute Gasteiger partial charge is 0.354 e. The Kier molecular flexibility index (Phi) is 12.0. The smallest absolute Gasteiger partial charge is 0.264 e. The van der Waals surface area contributed by atoms with Crippen LogP contribution in [0.2, 0.25) is 5.02 Å². The van der Waals surface area contributed by atoms with E-state index in [9.17, 15) is 18.0 Å². The highest BCUT2D eigenvalue weighted by atomic mass is 35.5. The van der Waals surface area contributed by atoms with Crippen molar-refractivity contribution in [2.24, 2.45) is 0 Å². The second-order valence-electron chi connectivity index (χ2n) is 11.6. The number of hydrogen-bond acceptors (Lipinski definition) is 4. The van der Waals surface area contributed by atoms with Gasteiger partial charge in [-0.2, -0.15) is 0 Å². The molecule has 242 valence electrons. The molecule has 1 unspecified atom stereocenters. The minimum Gasteiger partial charge on any atom is -0.354 e. The molecule has 0 aliphatic carbocycles. The third kappa shape index (κ3) is 8.98. The highest BCUT2D eigenvalue weighted by molar-refractivity contribution is 7.92. The van der Waals surface area contributed by atoms with Crippen LogP contribution in [-0.4, -0.2) is 44.3 Å². The molecule has 0 saturated heterocycles. The fourth-order valence-corrected chi connectivity index (χ4v) is 7.02. The summed E-state index contributed by atoms with van der Waals surface area (Å²) in [5, 5.41) is 3.47. The lowest BCUT2D eigenvalue weighted by Crippen LogP contribution is -2.53. The molecule has 0 spiro atoms. The summed E-state index contributed by atoms with van der Waals surface area (Å²) in [6.45, 7) is 7.73. The summed E-state index contributed by atoms with van der Waals surface area (Å²) in [7, 11) is -4.19. The molecule has 0 fully saturated rings. The molecule has 2 amide bonds. The lowest BCUT2D eigenvalue weighted by atomic mass is 10.0. The predicted molar refractivity (Wildman–Crippen MR) is 185 cm³/mol. The van der Waals surface area contributed by atoms with Crippen LogP contribution in [0.25, 0.3) is 0 Å². The number of nitrogens with zero attached hydrogens (tertiary/aromatic N) is 2. The first-order chi connectivity index (χ1) is 22.0. The third-order valence-corrected chi connectivity index (χ3v) is 9.86. The quantitative estimate of drug-likeness (QED) is 0.148. The van der Waals surface area contributed by atoms with E-state index in [1.807, 2.05) is 75.4 Å². The van der Waals surface area contributed by atoms with Crippen LogP contribution in [0.1, 0.15) is 47.6 Å². The summed E-state index contributed by atoms with van der Waals surface area (Å²) < 4.78 is 29.6. The van der Waals surface area contributed by atoms with E-state index in [2.05, 4.69) is 5.32 Å². The fourth-order valence-electron chi connectivity index (χ4n) is 5.32. The Morgan fingerprint density at radius 3 is 2.17 bits per heavy atom. The first kappa shape index (κ1) is 34.7. The van der Waals surface area contributed by atoms with Gasteiger partial charge >= 0.3 is 0 Å². The van der Waals surface area contributed by atoms with Crippen LogP contribution in [0, 0.1) is 20.8 Å². The fraction of sp³-hybridized carbons (Fsp3) is 0.297. The SMILES string of the molecule is CCCCNC(=O)C(Cc1ccccc1)N(Cc1cccc(C)c1)C(=O)CN(c1ccc(Cl)cc1C)S(=O)(=O)c1ccc(C)cc1. The lowest BCUT2D eigenvalue weighted by molar-refractivity contribution is -0.140. The maximum absolute atomic E-state index is 14.6. The van der Waals surface area contributed by atoms with Gasteiger partial charge in [0.1, 0.15) is 12.6 Å². The number of nitrogens with one attached hydrogen (secondary N) is 1. The number of anilines is 1. The molecule has 1 N–H and O–H groups in total. The molecule has 4 aromatic rings. The Morgan fingerprint density at radius 2 is 1.52 bits per heavy atom. The maximum atomic E-state index is 14.6. The van der Waals surface area contributed by atoms with Crippen molar-refractivity contribution in [3.63, 3.8) is 0 Å². The van der Waals surface area contributed by atoms with E-state index in [4.69, 9.17) is 11.6 Å². The van der Waals surface area contributed by atoms with Crippen LogP contribution in [0.15, 0.2) is 102 Å².